The second kappa shape index (κ2) is 7.84. The number of benzene rings is 1. The van der Waals surface area contributed by atoms with Crippen molar-refractivity contribution in [1.29, 1.82) is 0 Å². The van der Waals surface area contributed by atoms with Gasteiger partial charge in [0.15, 0.2) is 0 Å². The number of carbonyl (C=O) groups excluding carboxylic acids is 1. The van der Waals surface area contributed by atoms with Gasteiger partial charge in [0.25, 0.3) is 11.7 Å². The van der Waals surface area contributed by atoms with Crippen LogP contribution in [0.25, 0.3) is 0 Å². The molecule has 110 valence electrons. The number of rotatable bonds is 7. The summed E-state index contributed by atoms with van der Waals surface area (Å²) in [5.41, 5.74) is 0.104. The third-order valence-electron chi connectivity index (χ3n) is 2.44. The molecule has 0 radical (unpaired) electrons. The summed E-state index contributed by atoms with van der Waals surface area (Å²) in [5.74, 6) is -4.31. The highest BCUT2D eigenvalue weighted by atomic mass is 32.2. The Morgan fingerprint density at radius 3 is 2.55 bits per heavy atom. The van der Waals surface area contributed by atoms with E-state index in [0.29, 0.717) is 6.42 Å². The van der Waals surface area contributed by atoms with Crippen LogP contribution in [0.3, 0.4) is 0 Å². The predicted octanol–water partition coefficient (Wildman–Crippen LogP) is 2.94. The zero-order valence-corrected chi connectivity index (χ0v) is 11.7. The van der Waals surface area contributed by atoms with Gasteiger partial charge < -0.3 is 10.0 Å². The summed E-state index contributed by atoms with van der Waals surface area (Å²) in [6, 6.07) is 5.98. The molecule has 1 rings (SSSR count). The number of hydrogen-bond acceptors (Lipinski definition) is 3. The maximum Gasteiger partial charge on any atom is 0.323 e. The molecular weight excluding hydrogens is 288 g/mol. The van der Waals surface area contributed by atoms with Gasteiger partial charge in [-0.1, -0.05) is 30.8 Å². The van der Waals surface area contributed by atoms with Gasteiger partial charge in [-0.15, -0.1) is 0 Å². The standard InChI is InChI=1S/C13H15F2NO3S/c1-2-7-16(8-11(17)18)12(19)9-5-3-4-6-10(9)20-13(14)15/h3-6,13H,2,7-8H2,1H3,(H,17,18). The minimum absolute atomic E-state index is 0.104. The van der Waals surface area contributed by atoms with Crippen molar-refractivity contribution in [3.63, 3.8) is 0 Å². The molecule has 20 heavy (non-hydrogen) atoms. The Morgan fingerprint density at radius 2 is 2.00 bits per heavy atom. The van der Waals surface area contributed by atoms with Crippen molar-refractivity contribution in [2.75, 3.05) is 13.1 Å². The largest absolute Gasteiger partial charge is 0.480 e. The van der Waals surface area contributed by atoms with Gasteiger partial charge in [-0.3, -0.25) is 9.59 Å². The van der Waals surface area contributed by atoms with Crippen molar-refractivity contribution < 1.29 is 23.5 Å². The van der Waals surface area contributed by atoms with Crippen molar-refractivity contribution in [2.24, 2.45) is 0 Å². The van der Waals surface area contributed by atoms with Crippen LogP contribution in [0.1, 0.15) is 23.7 Å². The third-order valence-corrected chi connectivity index (χ3v) is 3.23. The normalized spacial score (nSPS) is 10.6. The maximum atomic E-state index is 12.5. The molecule has 0 saturated carbocycles. The first kappa shape index (κ1) is 16.4. The highest BCUT2D eigenvalue weighted by Crippen LogP contribution is 2.29. The Kier molecular flexibility index (Phi) is 6.44. The minimum atomic E-state index is -2.64. The summed E-state index contributed by atoms with van der Waals surface area (Å²) in [6.45, 7) is 1.63. The van der Waals surface area contributed by atoms with E-state index in [1.54, 1.807) is 12.1 Å². The van der Waals surface area contributed by atoms with Gasteiger partial charge in [-0.05, 0) is 18.6 Å². The monoisotopic (exact) mass is 303 g/mol. The molecule has 0 saturated heterocycles. The number of amides is 1. The third kappa shape index (κ3) is 4.80. The quantitative estimate of drug-likeness (QED) is 0.787. The van der Waals surface area contributed by atoms with Crippen molar-refractivity contribution >= 4 is 23.6 Å². The van der Waals surface area contributed by atoms with E-state index in [0.717, 1.165) is 4.90 Å². The number of carboxylic acid groups (broad SMARTS) is 1. The van der Waals surface area contributed by atoms with E-state index in [1.807, 2.05) is 6.92 Å². The zero-order chi connectivity index (χ0) is 15.1. The molecule has 0 fully saturated rings. The van der Waals surface area contributed by atoms with Gasteiger partial charge in [-0.2, -0.15) is 8.78 Å². The van der Waals surface area contributed by atoms with Gasteiger partial charge in [0.05, 0.1) is 5.56 Å². The van der Waals surface area contributed by atoms with E-state index in [4.69, 9.17) is 5.11 Å². The number of nitrogens with zero attached hydrogens (tertiary/aromatic N) is 1. The molecule has 0 atom stereocenters. The SMILES string of the molecule is CCCN(CC(=O)O)C(=O)c1ccccc1SC(F)F. The highest BCUT2D eigenvalue weighted by Gasteiger charge is 2.21. The lowest BCUT2D eigenvalue weighted by Crippen LogP contribution is -2.36. The van der Waals surface area contributed by atoms with Crippen LogP contribution >= 0.6 is 11.8 Å². The first-order chi connectivity index (χ1) is 9.45. The van der Waals surface area contributed by atoms with E-state index in [-0.39, 0.29) is 28.8 Å². The number of carbonyl (C=O) groups is 2. The molecule has 0 aliphatic carbocycles. The number of thioether (sulfide) groups is 1. The summed E-state index contributed by atoms with van der Waals surface area (Å²) >= 11 is 0.279. The fourth-order valence-electron chi connectivity index (χ4n) is 1.70. The number of carboxylic acids is 1. The molecule has 0 aromatic heterocycles. The summed E-state index contributed by atoms with van der Waals surface area (Å²) in [5, 5.41) is 8.80. The van der Waals surface area contributed by atoms with Crippen molar-refractivity contribution in [1.82, 2.24) is 4.90 Å². The smallest absolute Gasteiger partial charge is 0.323 e. The van der Waals surface area contributed by atoms with E-state index >= 15 is 0 Å². The average Bonchev–Trinajstić information content (AvgIpc) is 2.37. The van der Waals surface area contributed by atoms with E-state index in [1.165, 1.54) is 12.1 Å². The summed E-state index contributed by atoms with van der Waals surface area (Å²) in [4.78, 5) is 24.3. The van der Waals surface area contributed by atoms with Gasteiger partial charge >= 0.3 is 5.97 Å². The molecular formula is C13H15F2NO3S. The number of aliphatic carboxylic acids is 1. The topological polar surface area (TPSA) is 57.6 Å². The Morgan fingerprint density at radius 1 is 1.35 bits per heavy atom. The molecule has 0 unspecified atom stereocenters. The predicted molar refractivity (Wildman–Crippen MR) is 72.1 cm³/mol. The van der Waals surface area contributed by atoms with Gasteiger partial charge in [0, 0.05) is 11.4 Å². The van der Waals surface area contributed by atoms with Crippen LogP contribution in [0.2, 0.25) is 0 Å². The Bertz CT molecular complexity index is 482. The molecule has 1 N–H and O–H groups in total. The van der Waals surface area contributed by atoms with Crippen molar-refractivity contribution in [2.45, 2.75) is 24.0 Å². The van der Waals surface area contributed by atoms with Crippen LogP contribution in [-0.4, -0.2) is 40.7 Å². The molecule has 0 heterocycles. The molecule has 0 spiro atoms. The minimum Gasteiger partial charge on any atom is -0.480 e. The lowest BCUT2D eigenvalue weighted by Gasteiger charge is -2.21. The summed E-state index contributed by atoms with van der Waals surface area (Å²) in [7, 11) is 0. The van der Waals surface area contributed by atoms with Crippen LogP contribution in [0.15, 0.2) is 29.2 Å². The van der Waals surface area contributed by atoms with Gasteiger partial charge in [0.1, 0.15) is 6.54 Å². The van der Waals surface area contributed by atoms with E-state index < -0.39 is 24.2 Å². The number of hydrogen-bond donors (Lipinski definition) is 1. The van der Waals surface area contributed by atoms with Crippen molar-refractivity contribution in [3.05, 3.63) is 29.8 Å². The van der Waals surface area contributed by atoms with Gasteiger partial charge in [0.2, 0.25) is 0 Å². The second-order valence-corrected chi connectivity index (χ2v) is 5.03. The highest BCUT2D eigenvalue weighted by molar-refractivity contribution is 7.99. The number of halogens is 2. The van der Waals surface area contributed by atoms with E-state index in [9.17, 15) is 18.4 Å². The fourth-order valence-corrected chi connectivity index (χ4v) is 2.33. The summed E-state index contributed by atoms with van der Waals surface area (Å²) in [6.07, 6.45) is 0.586. The van der Waals surface area contributed by atoms with Crippen LogP contribution in [-0.2, 0) is 4.79 Å². The Hall–Kier alpha value is -1.63. The zero-order valence-electron chi connectivity index (χ0n) is 10.9. The van der Waals surface area contributed by atoms with Crippen LogP contribution < -0.4 is 0 Å². The first-order valence-electron chi connectivity index (χ1n) is 6.00. The van der Waals surface area contributed by atoms with Crippen LogP contribution in [0.4, 0.5) is 8.78 Å². The molecule has 0 aliphatic rings. The average molecular weight is 303 g/mol. The molecule has 4 nitrogen and oxygen atoms in total. The fraction of sp³-hybridized carbons (Fsp3) is 0.385. The second-order valence-electron chi connectivity index (χ2n) is 4.00. The molecule has 1 aromatic carbocycles. The van der Waals surface area contributed by atoms with Crippen molar-refractivity contribution in [3.8, 4) is 0 Å². The molecule has 7 heteroatoms. The molecule has 1 amide bonds. The van der Waals surface area contributed by atoms with E-state index in [2.05, 4.69) is 0 Å². The lowest BCUT2D eigenvalue weighted by atomic mass is 10.2. The van der Waals surface area contributed by atoms with Crippen LogP contribution in [0, 0.1) is 0 Å². The summed E-state index contributed by atoms with van der Waals surface area (Å²) < 4.78 is 24.9. The first-order valence-corrected chi connectivity index (χ1v) is 6.88. The molecule has 1 aromatic rings. The maximum absolute atomic E-state index is 12.5. The lowest BCUT2D eigenvalue weighted by molar-refractivity contribution is -0.137. The Labute approximate surface area is 119 Å². The number of alkyl halides is 2. The molecule has 0 bridgehead atoms. The molecule has 0 aliphatic heterocycles. The Balaban J connectivity index is 3.01. The van der Waals surface area contributed by atoms with Crippen LogP contribution in [0.5, 0.6) is 0 Å². The van der Waals surface area contributed by atoms with Gasteiger partial charge in [-0.25, -0.2) is 0 Å².